The van der Waals surface area contributed by atoms with Crippen molar-refractivity contribution in [1.29, 1.82) is 0 Å². The van der Waals surface area contributed by atoms with Crippen LogP contribution in [0, 0.1) is 13.8 Å². The Balaban J connectivity index is 2.19. The molecular weight excluding hydrogens is 288 g/mol. The van der Waals surface area contributed by atoms with Gasteiger partial charge in [0.15, 0.2) is 5.03 Å². The zero-order valence-corrected chi connectivity index (χ0v) is 13.2. The largest absolute Gasteiger partial charge is 0.316 e. The van der Waals surface area contributed by atoms with Gasteiger partial charge in [-0.3, -0.25) is 5.10 Å². The van der Waals surface area contributed by atoms with E-state index < -0.39 is 10.0 Å². The minimum atomic E-state index is -3.64. The molecule has 0 bridgehead atoms. The molecular formula is C14H20N4O2S. The molecule has 114 valence electrons. The molecule has 0 radical (unpaired) electrons. The lowest BCUT2D eigenvalue weighted by molar-refractivity contribution is 0.574. The number of nitrogens with zero attached hydrogens (tertiary/aromatic N) is 1. The number of aromatic amines is 1. The molecule has 6 nitrogen and oxygen atoms in total. The van der Waals surface area contributed by atoms with Crippen molar-refractivity contribution in [3.05, 3.63) is 46.6 Å². The molecule has 3 N–H and O–H groups in total. The maximum absolute atomic E-state index is 12.4. The summed E-state index contributed by atoms with van der Waals surface area (Å²) in [6, 6.07) is 7.72. The van der Waals surface area contributed by atoms with Crippen molar-refractivity contribution >= 4 is 10.0 Å². The lowest BCUT2D eigenvalue weighted by Gasteiger charge is -2.07. The van der Waals surface area contributed by atoms with Crippen molar-refractivity contribution < 1.29 is 8.42 Å². The van der Waals surface area contributed by atoms with Gasteiger partial charge in [0.25, 0.3) is 10.0 Å². The van der Waals surface area contributed by atoms with Crippen LogP contribution in [-0.2, 0) is 23.1 Å². The van der Waals surface area contributed by atoms with E-state index in [0.717, 1.165) is 16.8 Å². The Labute approximate surface area is 125 Å². The zero-order valence-electron chi connectivity index (χ0n) is 12.4. The summed E-state index contributed by atoms with van der Waals surface area (Å²) < 4.78 is 27.3. The number of H-pyrrole nitrogens is 1. The predicted molar refractivity (Wildman–Crippen MR) is 81.3 cm³/mol. The first kappa shape index (κ1) is 15.7. The monoisotopic (exact) mass is 308 g/mol. The van der Waals surface area contributed by atoms with E-state index in [1.54, 1.807) is 14.0 Å². The number of aryl methyl sites for hydroxylation is 2. The number of hydrogen-bond acceptors (Lipinski definition) is 4. The average molecular weight is 308 g/mol. The maximum atomic E-state index is 12.4. The number of sulfonamides is 1. The highest BCUT2D eigenvalue weighted by atomic mass is 32.2. The fourth-order valence-corrected chi connectivity index (χ4v) is 3.31. The van der Waals surface area contributed by atoms with Crippen molar-refractivity contribution in [1.82, 2.24) is 20.2 Å². The van der Waals surface area contributed by atoms with E-state index in [1.807, 2.05) is 31.2 Å². The third kappa shape index (κ3) is 3.69. The Bertz CT molecular complexity index is 722. The second-order valence-corrected chi connectivity index (χ2v) is 6.66. The summed E-state index contributed by atoms with van der Waals surface area (Å²) in [6.45, 7) is 4.47. The van der Waals surface area contributed by atoms with Crippen molar-refractivity contribution in [2.24, 2.45) is 0 Å². The molecule has 0 aliphatic rings. The summed E-state index contributed by atoms with van der Waals surface area (Å²) in [5, 5.41) is 9.66. The highest BCUT2D eigenvalue weighted by molar-refractivity contribution is 7.89. The van der Waals surface area contributed by atoms with Crippen LogP contribution >= 0.6 is 0 Å². The van der Waals surface area contributed by atoms with Gasteiger partial charge in [0.05, 0.1) is 0 Å². The summed E-state index contributed by atoms with van der Waals surface area (Å²) in [5.74, 6) is 0. The summed E-state index contributed by atoms with van der Waals surface area (Å²) in [6.07, 6.45) is 0. The average Bonchev–Trinajstić information content (AvgIpc) is 2.80. The highest BCUT2D eigenvalue weighted by Crippen LogP contribution is 2.16. The van der Waals surface area contributed by atoms with Crippen LogP contribution in [0.4, 0.5) is 0 Å². The summed E-state index contributed by atoms with van der Waals surface area (Å²) in [7, 11) is -1.87. The Hall–Kier alpha value is -1.70. The van der Waals surface area contributed by atoms with Gasteiger partial charge in [-0.15, -0.1) is 0 Å². The van der Waals surface area contributed by atoms with Crippen LogP contribution in [0.3, 0.4) is 0 Å². The van der Waals surface area contributed by atoms with Crippen LogP contribution in [0.1, 0.15) is 22.4 Å². The van der Waals surface area contributed by atoms with E-state index in [9.17, 15) is 8.42 Å². The smallest absolute Gasteiger partial charge is 0.260 e. The third-order valence-electron chi connectivity index (χ3n) is 3.19. The summed E-state index contributed by atoms with van der Waals surface area (Å²) >= 11 is 0. The number of aromatic nitrogens is 2. The van der Waals surface area contributed by atoms with Crippen LogP contribution < -0.4 is 10.0 Å². The Morgan fingerprint density at radius 2 is 2.00 bits per heavy atom. The molecule has 21 heavy (non-hydrogen) atoms. The van der Waals surface area contributed by atoms with Crippen LogP contribution in [0.2, 0.25) is 0 Å². The molecule has 0 atom stereocenters. The van der Waals surface area contributed by atoms with Crippen LogP contribution in [0.25, 0.3) is 0 Å². The van der Waals surface area contributed by atoms with Gasteiger partial charge in [0.1, 0.15) is 0 Å². The minimum Gasteiger partial charge on any atom is -0.316 e. The van der Waals surface area contributed by atoms with Crippen molar-refractivity contribution in [3.8, 4) is 0 Å². The molecule has 0 aliphatic heterocycles. The number of hydrogen-bond donors (Lipinski definition) is 3. The molecule has 0 saturated heterocycles. The van der Waals surface area contributed by atoms with Gasteiger partial charge in [0, 0.05) is 24.3 Å². The van der Waals surface area contributed by atoms with Crippen molar-refractivity contribution in [2.75, 3.05) is 7.05 Å². The molecule has 0 unspecified atom stereocenters. The molecule has 0 aliphatic carbocycles. The molecule has 0 saturated carbocycles. The first-order valence-electron chi connectivity index (χ1n) is 6.67. The van der Waals surface area contributed by atoms with E-state index in [0.29, 0.717) is 12.1 Å². The fraction of sp³-hybridized carbons (Fsp3) is 0.357. The quantitative estimate of drug-likeness (QED) is 0.749. The van der Waals surface area contributed by atoms with E-state index >= 15 is 0 Å². The minimum absolute atomic E-state index is 0.0574. The maximum Gasteiger partial charge on any atom is 0.260 e. The molecule has 2 aromatic rings. The molecule has 0 amide bonds. The first-order valence-corrected chi connectivity index (χ1v) is 8.16. The van der Waals surface area contributed by atoms with Crippen LogP contribution in [-0.4, -0.2) is 25.7 Å². The van der Waals surface area contributed by atoms with Gasteiger partial charge in [-0.25, -0.2) is 13.1 Å². The fourth-order valence-electron chi connectivity index (χ4n) is 2.11. The van der Waals surface area contributed by atoms with Crippen molar-refractivity contribution in [3.63, 3.8) is 0 Å². The first-order chi connectivity index (χ1) is 9.94. The van der Waals surface area contributed by atoms with Gasteiger partial charge in [-0.2, -0.15) is 5.10 Å². The van der Waals surface area contributed by atoms with Crippen LogP contribution in [0.5, 0.6) is 0 Å². The van der Waals surface area contributed by atoms with Gasteiger partial charge in [0.2, 0.25) is 0 Å². The van der Waals surface area contributed by atoms with E-state index in [1.165, 1.54) is 0 Å². The SMILES string of the molecule is CNCc1c(S(=O)(=O)NCc2cccc(C)c2)n[nH]c1C. The van der Waals surface area contributed by atoms with E-state index in [4.69, 9.17) is 0 Å². The van der Waals surface area contributed by atoms with Crippen LogP contribution in [0.15, 0.2) is 29.3 Å². The summed E-state index contributed by atoms with van der Waals surface area (Å²) in [5.41, 5.74) is 3.42. The van der Waals surface area contributed by atoms with Gasteiger partial charge in [-0.1, -0.05) is 29.8 Å². The Kier molecular flexibility index (Phi) is 4.76. The molecule has 1 aromatic heterocycles. The number of benzene rings is 1. The van der Waals surface area contributed by atoms with Gasteiger partial charge in [-0.05, 0) is 26.5 Å². The molecule has 7 heteroatoms. The predicted octanol–water partition coefficient (Wildman–Crippen LogP) is 1.22. The lowest BCUT2D eigenvalue weighted by Crippen LogP contribution is -2.25. The summed E-state index contributed by atoms with van der Waals surface area (Å²) in [4.78, 5) is 0. The normalized spacial score (nSPS) is 11.8. The number of nitrogens with one attached hydrogen (secondary N) is 3. The molecule has 0 spiro atoms. The van der Waals surface area contributed by atoms with E-state index in [-0.39, 0.29) is 11.6 Å². The molecule has 1 heterocycles. The zero-order chi connectivity index (χ0) is 15.5. The lowest BCUT2D eigenvalue weighted by atomic mass is 10.1. The second kappa shape index (κ2) is 6.38. The second-order valence-electron chi connectivity index (χ2n) is 4.98. The topological polar surface area (TPSA) is 86.9 Å². The third-order valence-corrected chi connectivity index (χ3v) is 4.56. The standard InChI is InChI=1S/C14H20N4O2S/c1-10-5-4-6-12(7-10)8-16-21(19,20)14-13(9-15-3)11(2)17-18-14/h4-7,15-16H,8-9H2,1-3H3,(H,17,18). The van der Waals surface area contributed by atoms with Gasteiger partial charge >= 0.3 is 0 Å². The van der Waals surface area contributed by atoms with E-state index in [2.05, 4.69) is 20.2 Å². The Morgan fingerprint density at radius 1 is 1.24 bits per heavy atom. The Morgan fingerprint density at radius 3 is 2.67 bits per heavy atom. The van der Waals surface area contributed by atoms with Gasteiger partial charge < -0.3 is 5.32 Å². The van der Waals surface area contributed by atoms with Crippen molar-refractivity contribution in [2.45, 2.75) is 32.0 Å². The molecule has 0 fully saturated rings. The number of rotatable bonds is 6. The highest BCUT2D eigenvalue weighted by Gasteiger charge is 2.23. The molecule has 2 rings (SSSR count). The molecule has 1 aromatic carbocycles.